The molecule has 0 aromatic carbocycles. The van der Waals surface area contributed by atoms with E-state index in [1.807, 2.05) is 0 Å². The Bertz CT molecular complexity index is 104. The molecule has 65 valence electrons. The van der Waals surface area contributed by atoms with Gasteiger partial charge in [-0.05, 0) is 19.4 Å². The largest absolute Gasteiger partial charge is 0.466 e. The maximum atomic E-state index is 10.8. The third kappa shape index (κ3) is 7.33. The highest BCUT2D eigenvalue weighted by Crippen LogP contribution is 1.93. The number of esters is 1. The molecule has 0 amide bonds. The number of carbonyl (C=O) groups excluding carboxylic acids is 1. The molecule has 0 saturated carbocycles. The smallest absolute Gasteiger partial charge is 0.305 e. The lowest BCUT2D eigenvalue weighted by Crippen LogP contribution is -2.08. The van der Waals surface area contributed by atoms with Crippen molar-refractivity contribution in [1.29, 1.82) is 0 Å². The van der Waals surface area contributed by atoms with Gasteiger partial charge in [0.05, 0.1) is 6.61 Å². The average molecular weight is 158 g/mol. The molecule has 0 aliphatic heterocycles. The molecule has 3 nitrogen and oxygen atoms in total. The Morgan fingerprint density at radius 3 is 2.73 bits per heavy atom. The van der Waals surface area contributed by atoms with Gasteiger partial charge in [0.2, 0.25) is 0 Å². The normalized spacial score (nSPS) is 9.64. The molecular weight excluding hydrogens is 142 g/mol. The number of hydrogen-bond acceptors (Lipinski definition) is 3. The summed E-state index contributed by atoms with van der Waals surface area (Å²) in [5.41, 5.74) is 5.21. The van der Waals surface area contributed by atoms with Crippen LogP contribution in [0.15, 0.2) is 0 Å². The first-order chi connectivity index (χ1) is 5.31. The van der Waals surface area contributed by atoms with Crippen LogP contribution in [0, 0.1) is 6.92 Å². The summed E-state index contributed by atoms with van der Waals surface area (Å²) < 4.78 is 4.85. The van der Waals surface area contributed by atoms with Crippen molar-refractivity contribution in [2.75, 3.05) is 13.2 Å². The zero-order valence-corrected chi connectivity index (χ0v) is 6.84. The van der Waals surface area contributed by atoms with Crippen molar-refractivity contribution in [1.82, 2.24) is 0 Å². The lowest BCUT2D eigenvalue weighted by Gasteiger charge is -2.01. The molecule has 1 radical (unpaired) electrons. The fourth-order valence-corrected chi connectivity index (χ4v) is 0.607. The van der Waals surface area contributed by atoms with Crippen molar-refractivity contribution in [3.8, 4) is 0 Å². The molecule has 2 N–H and O–H groups in total. The fraction of sp³-hybridized carbons (Fsp3) is 0.750. The maximum Gasteiger partial charge on any atom is 0.305 e. The summed E-state index contributed by atoms with van der Waals surface area (Å²) in [6.45, 7) is 4.67. The number of ether oxygens (including phenoxy) is 1. The average Bonchev–Trinajstić information content (AvgIpc) is 2.01. The van der Waals surface area contributed by atoms with Gasteiger partial charge in [0.25, 0.3) is 0 Å². The Kier molecular flexibility index (Phi) is 7.15. The van der Waals surface area contributed by atoms with Crippen LogP contribution in [0.3, 0.4) is 0 Å². The molecule has 0 saturated heterocycles. The number of hydrogen-bond donors (Lipinski definition) is 1. The second kappa shape index (κ2) is 7.54. The number of nitrogens with two attached hydrogens (primary N) is 1. The zero-order valence-electron chi connectivity index (χ0n) is 6.84. The molecule has 0 bridgehead atoms. The highest BCUT2D eigenvalue weighted by atomic mass is 16.5. The maximum absolute atomic E-state index is 10.8. The molecular formula is C8H16NO2. The number of unbranched alkanes of at least 4 members (excludes halogenated alkanes) is 1. The lowest BCUT2D eigenvalue weighted by molar-refractivity contribution is -0.143. The van der Waals surface area contributed by atoms with E-state index in [1.54, 1.807) is 0 Å². The van der Waals surface area contributed by atoms with E-state index in [-0.39, 0.29) is 5.97 Å². The predicted octanol–water partition coefficient (Wildman–Crippen LogP) is 0.883. The van der Waals surface area contributed by atoms with Crippen molar-refractivity contribution >= 4 is 5.97 Å². The van der Waals surface area contributed by atoms with E-state index < -0.39 is 0 Å². The SMILES string of the molecule is [CH2]CCCOC(=O)CCCN. The van der Waals surface area contributed by atoms with Gasteiger partial charge in [0, 0.05) is 6.42 Å². The Balaban J connectivity index is 3.09. The van der Waals surface area contributed by atoms with Crippen molar-refractivity contribution in [3.63, 3.8) is 0 Å². The van der Waals surface area contributed by atoms with Crippen LogP contribution in [-0.2, 0) is 9.53 Å². The third-order valence-corrected chi connectivity index (χ3v) is 1.24. The summed E-state index contributed by atoms with van der Waals surface area (Å²) in [4.78, 5) is 10.8. The van der Waals surface area contributed by atoms with Crippen molar-refractivity contribution in [2.45, 2.75) is 25.7 Å². The molecule has 11 heavy (non-hydrogen) atoms. The van der Waals surface area contributed by atoms with Crippen LogP contribution in [0.4, 0.5) is 0 Å². The Morgan fingerprint density at radius 1 is 1.45 bits per heavy atom. The van der Waals surface area contributed by atoms with Crippen LogP contribution in [0.2, 0.25) is 0 Å². The molecule has 0 atom stereocenters. The fourth-order valence-electron chi connectivity index (χ4n) is 0.607. The summed E-state index contributed by atoms with van der Waals surface area (Å²) >= 11 is 0. The van der Waals surface area contributed by atoms with Crippen LogP contribution in [0.5, 0.6) is 0 Å². The molecule has 3 heteroatoms. The number of rotatable bonds is 6. The molecule has 0 aliphatic rings. The topological polar surface area (TPSA) is 52.3 Å². The minimum Gasteiger partial charge on any atom is -0.466 e. The Hall–Kier alpha value is -0.570. The molecule has 0 aromatic heterocycles. The molecule has 0 rings (SSSR count). The minimum atomic E-state index is -0.149. The van der Waals surface area contributed by atoms with Gasteiger partial charge in [-0.3, -0.25) is 4.79 Å². The van der Waals surface area contributed by atoms with Gasteiger partial charge in [0.15, 0.2) is 0 Å². The second-order valence-corrected chi connectivity index (χ2v) is 2.32. The van der Waals surface area contributed by atoms with Crippen LogP contribution in [-0.4, -0.2) is 19.1 Å². The Labute approximate surface area is 67.9 Å². The summed E-state index contributed by atoms with van der Waals surface area (Å²) in [5, 5.41) is 0. The first-order valence-corrected chi connectivity index (χ1v) is 3.96. The summed E-state index contributed by atoms with van der Waals surface area (Å²) in [7, 11) is 0. The van der Waals surface area contributed by atoms with E-state index in [4.69, 9.17) is 10.5 Å². The van der Waals surface area contributed by atoms with E-state index in [1.165, 1.54) is 0 Å². The van der Waals surface area contributed by atoms with E-state index in [9.17, 15) is 4.79 Å². The monoisotopic (exact) mass is 158 g/mol. The Morgan fingerprint density at radius 2 is 2.18 bits per heavy atom. The summed E-state index contributed by atoms with van der Waals surface area (Å²) in [6, 6.07) is 0. The molecule has 0 aromatic rings. The van der Waals surface area contributed by atoms with Gasteiger partial charge in [0.1, 0.15) is 0 Å². The molecule has 0 heterocycles. The zero-order chi connectivity index (χ0) is 8.53. The third-order valence-electron chi connectivity index (χ3n) is 1.24. The highest BCUT2D eigenvalue weighted by molar-refractivity contribution is 5.69. The summed E-state index contributed by atoms with van der Waals surface area (Å²) in [5.74, 6) is -0.149. The van der Waals surface area contributed by atoms with Crippen molar-refractivity contribution < 1.29 is 9.53 Å². The van der Waals surface area contributed by atoms with Crippen LogP contribution in [0.1, 0.15) is 25.7 Å². The van der Waals surface area contributed by atoms with E-state index in [0.29, 0.717) is 26.0 Å². The summed E-state index contributed by atoms with van der Waals surface area (Å²) in [6.07, 6.45) is 2.80. The van der Waals surface area contributed by atoms with E-state index in [0.717, 1.165) is 12.8 Å². The van der Waals surface area contributed by atoms with Crippen LogP contribution >= 0.6 is 0 Å². The van der Waals surface area contributed by atoms with E-state index in [2.05, 4.69) is 6.92 Å². The minimum absolute atomic E-state index is 0.149. The first-order valence-electron chi connectivity index (χ1n) is 3.96. The predicted molar refractivity (Wildman–Crippen MR) is 43.8 cm³/mol. The van der Waals surface area contributed by atoms with E-state index >= 15 is 0 Å². The van der Waals surface area contributed by atoms with Crippen molar-refractivity contribution in [3.05, 3.63) is 6.92 Å². The molecule has 0 unspecified atom stereocenters. The first kappa shape index (κ1) is 10.4. The van der Waals surface area contributed by atoms with Gasteiger partial charge in [-0.1, -0.05) is 13.3 Å². The standard InChI is InChI=1S/C8H16NO2/c1-2-3-7-11-8(10)5-4-6-9/h1-7,9H2. The van der Waals surface area contributed by atoms with Gasteiger partial charge in [-0.25, -0.2) is 0 Å². The molecule has 0 aliphatic carbocycles. The van der Waals surface area contributed by atoms with Crippen LogP contribution in [0.25, 0.3) is 0 Å². The number of carbonyl (C=O) groups is 1. The van der Waals surface area contributed by atoms with Crippen LogP contribution < -0.4 is 5.73 Å². The van der Waals surface area contributed by atoms with Gasteiger partial charge < -0.3 is 10.5 Å². The van der Waals surface area contributed by atoms with Gasteiger partial charge >= 0.3 is 5.97 Å². The quantitative estimate of drug-likeness (QED) is 0.461. The van der Waals surface area contributed by atoms with Crippen molar-refractivity contribution in [2.24, 2.45) is 5.73 Å². The highest BCUT2D eigenvalue weighted by Gasteiger charge is 1.99. The van der Waals surface area contributed by atoms with Gasteiger partial charge in [-0.2, -0.15) is 0 Å². The molecule has 0 fully saturated rings. The molecule has 0 spiro atoms. The lowest BCUT2D eigenvalue weighted by atomic mass is 10.3. The second-order valence-electron chi connectivity index (χ2n) is 2.32. The van der Waals surface area contributed by atoms with Gasteiger partial charge in [-0.15, -0.1) is 0 Å².